The molecule has 2 nitrogen and oxygen atoms in total. The highest BCUT2D eigenvalue weighted by molar-refractivity contribution is 5.12. The van der Waals surface area contributed by atoms with E-state index in [2.05, 4.69) is 27.7 Å². The summed E-state index contributed by atoms with van der Waals surface area (Å²) in [5, 5.41) is 21.7. The van der Waals surface area contributed by atoms with Crippen LogP contribution in [0.4, 0.5) is 0 Å². The monoisotopic (exact) mass is 378 g/mol. The van der Waals surface area contributed by atoms with E-state index in [1.807, 2.05) is 0 Å². The lowest BCUT2D eigenvalue weighted by molar-refractivity contribution is -0.174. The van der Waals surface area contributed by atoms with Gasteiger partial charge in [-0.15, -0.1) is 0 Å². The van der Waals surface area contributed by atoms with Crippen LogP contribution < -0.4 is 0 Å². The van der Waals surface area contributed by atoms with Gasteiger partial charge in [-0.25, -0.2) is 0 Å². The Morgan fingerprint density at radius 3 is 2.41 bits per heavy atom. The third-order valence-electron chi connectivity index (χ3n) is 10.2. The summed E-state index contributed by atoms with van der Waals surface area (Å²) in [7, 11) is 0. The first kappa shape index (κ1) is 21.6. The number of aliphatic hydroxyl groups is 2. The Hall–Kier alpha value is -0.0800. The van der Waals surface area contributed by atoms with Gasteiger partial charge in [-0.05, 0) is 97.7 Å². The van der Waals surface area contributed by atoms with Gasteiger partial charge in [0.2, 0.25) is 0 Å². The van der Waals surface area contributed by atoms with Crippen molar-refractivity contribution >= 4 is 0 Å². The molecular formula is C25H46O2. The van der Waals surface area contributed by atoms with E-state index in [1.54, 1.807) is 0 Å². The van der Waals surface area contributed by atoms with Gasteiger partial charge in [0, 0.05) is 0 Å². The molecule has 4 aliphatic carbocycles. The van der Waals surface area contributed by atoms with E-state index < -0.39 is 0 Å². The standard InChI is InChI=1S/C24H42O2.CH4/c1-5-6-15(2)19-9-10-20-18-8-7-16-13-17(25)11-12-23(16,3)21(18)14-22(26)24(19,20)4;/h15-22,25-26H,5-14H2,1-4H3;1H4/t15?,16?,17-,18?,19?,20?,21?,22+,23+,24-;/m1./s1. The van der Waals surface area contributed by atoms with Gasteiger partial charge in [0.1, 0.15) is 0 Å². The first-order valence-electron chi connectivity index (χ1n) is 11.7. The summed E-state index contributed by atoms with van der Waals surface area (Å²) in [5.74, 6) is 4.37. The van der Waals surface area contributed by atoms with Gasteiger partial charge in [-0.1, -0.05) is 48.0 Å². The molecule has 6 unspecified atom stereocenters. The zero-order valence-electron chi connectivity index (χ0n) is 17.6. The summed E-state index contributed by atoms with van der Waals surface area (Å²) in [6.45, 7) is 9.73. The van der Waals surface area contributed by atoms with Crippen LogP contribution >= 0.6 is 0 Å². The predicted octanol–water partition coefficient (Wildman–Crippen LogP) is 6.05. The molecule has 4 rings (SSSR count). The largest absolute Gasteiger partial charge is 0.393 e. The summed E-state index contributed by atoms with van der Waals surface area (Å²) in [4.78, 5) is 0. The SMILES string of the molecule is C.CCCC(C)C1CCC2C3CCC4C[C@H](O)CC[C@]4(C)C3C[C@H](O)[C@]12C. The van der Waals surface area contributed by atoms with E-state index in [1.165, 1.54) is 44.9 Å². The molecule has 0 saturated heterocycles. The minimum atomic E-state index is -0.122. The smallest absolute Gasteiger partial charge is 0.0602 e. The molecule has 0 amide bonds. The third kappa shape index (κ3) is 3.12. The molecule has 0 bridgehead atoms. The molecule has 0 radical (unpaired) electrons. The Bertz CT molecular complexity index is 518. The maximum absolute atomic E-state index is 11.5. The number of hydrogen-bond acceptors (Lipinski definition) is 2. The van der Waals surface area contributed by atoms with Gasteiger partial charge >= 0.3 is 0 Å². The normalized spacial score (nSPS) is 52.9. The molecule has 0 spiro atoms. The van der Waals surface area contributed by atoms with Crippen molar-refractivity contribution in [3.05, 3.63) is 0 Å². The topological polar surface area (TPSA) is 40.5 Å². The minimum absolute atomic E-state index is 0. The maximum atomic E-state index is 11.5. The van der Waals surface area contributed by atoms with Crippen LogP contribution in [0.25, 0.3) is 0 Å². The van der Waals surface area contributed by atoms with Crippen molar-refractivity contribution in [3.63, 3.8) is 0 Å². The Morgan fingerprint density at radius 1 is 0.963 bits per heavy atom. The quantitative estimate of drug-likeness (QED) is 0.627. The fourth-order valence-corrected chi connectivity index (χ4v) is 8.82. The Morgan fingerprint density at radius 2 is 1.70 bits per heavy atom. The van der Waals surface area contributed by atoms with Crippen molar-refractivity contribution in [2.75, 3.05) is 0 Å². The molecule has 0 aliphatic heterocycles. The lowest BCUT2D eigenvalue weighted by Crippen LogP contribution is -2.58. The van der Waals surface area contributed by atoms with Gasteiger partial charge in [-0.3, -0.25) is 0 Å². The fraction of sp³-hybridized carbons (Fsp3) is 1.00. The van der Waals surface area contributed by atoms with Gasteiger partial charge < -0.3 is 10.2 Å². The summed E-state index contributed by atoms with van der Waals surface area (Å²) >= 11 is 0. The second-order valence-corrected chi connectivity index (χ2v) is 11.2. The van der Waals surface area contributed by atoms with Crippen LogP contribution in [-0.4, -0.2) is 22.4 Å². The molecule has 158 valence electrons. The fourth-order valence-electron chi connectivity index (χ4n) is 8.82. The summed E-state index contributed by atoms with van der Waals surface area (Å²) in [6, 6.07) is 0. The van der Waals surface area contributed by atoms with Crippen molar-refractivity contribution in [2.24, 2.45) is 46.3 Å². The Balaban J connectivity index is 0.00000210. The van der Waals surface area contributed by atoms with Gasteiger partial charge in [0.25, 0.3) is 0 Å². The number of fused-ring (bicyclic) bond motifs is 5. The highest BCUT2D eigenvalue weighted by atomic mass is 16.3. The van der Waals surface area contributed by atoms with Crippen molar-refractivity contribution in [3.8, 4) is 0 Å². The molecule has 27 heavy (non-hydrogen) atoms. The van der Waals surface area contributed by atoms with E-state index >= 15 is 0 Å². The molecule has 2 heteroatoms. The molecular weight excluding hydrogens is 332 g/mol. The van der Waals surface area contributed by atoms with Crippen LogP contribution in [0.15, 0.2) is 0 Å². The van der Waals surface area contributed by atoms with Crippen LogP contribution in [0.2, 0.25) is 0 Å². The minimum Gasteiger partial charge on any atom is -0.393 e. The van der Waals surface area contributed by atoms with Crippen molar-refractivity contribution in [1.29, 1.82) is 0 Å². The van der Waals surface area contributed by atoms with Crippen LogP contribution in [0, 0.1) is 46.3 Å². The summed E-state index contributed by atoms with van der Waals surface area (Å²) in [6.07, 6.45) is 11.9. The van der Waals surface area contributed by atoms with E-state index in [9.17, 15) is 10.2 Å². The zero-order valence-corrected chi connectivity index (χ0v) is 17.6. The molecule has 4 saturated carbocycles. The van der Waals surface area contributed by atoms with E-state index in [-0.39, 0.29) is 25.0 Å². The summed E-state index contributed by atoms with van der Waals surface area (Å²) < 4.78 is 0. The predicted molar refractivity (Wildman–Crippen MR) is 113 cm³/mol. The maximum Gasteiger partial charge on any atom is 0.0602 e. The molecule has 10 atom stereocenters. The first-order valence-corrected chi connectivity index (χ1v) is 11.7. The van der Waals surface area contributed by atoms with Gasteiger partial charge in [0.15, 0.2) is 0 Å². The Labute approximate surface area is 168 Å². The van der Waals surface area contributed by atoms with E-state index in [0.29, 0.717) is 23.2 Å². The van der Waals surface area contributed by atoms with Crippen molar-refractivity contribution < 1.29 is 10.2 Å². The molecule has 4 aliphatic rings. The first-order chi connectivity index (χ1) is 12.3. The highest BCUT2D eigenvalue weighted by Gasteiger charge is 2.63. The molecule has 2 N–H and O–H groups in total. The van der Waals surface area contributed by atoms with Gasteiger partial charge in [0.05, 0.1) is 12.2 Å². The van der Waals surface area contributed by atoms with Crippen LogP contribution in [-0.2, 0) is 0 Å². The lowest BCUT2D eigenvalue weighted by Gasteiger charge is -2.62. The van der Waals surface area contributed by atoms with Crippen molar-refractivity contribution in [1.82, 2.24) is 0 Å². The average molecular weight is 379 g/mol. The lowest BCUT2D eigenvalue weighted by atomic mass is 9.43. The molecule has 0 aromatic rings. The van der Waals surface area contributed by atoms with E-state index in [0.717, 1.165) is 37.0 Å². The van der Waals surface area contributed by atoms with Crippen LogP contribution in [0.1, 0.15) is 99.3 Å². The van der Waals surface area contributed by atoms with Crippen LogP contribution in [0.5, 0.6) is 0 Å². The summed E-state index contributed by atoms with van der Waals surface area (Å²) in [5.41, 5.74) is 0.505. The number of hydrogen-bond donors (Lipinski definition) is 2. The second-order valence-electron chi connectivity index (χ2n) is 11.2. The van der Waals surface area contributed by atoms with E-state index in [4.69, 9.17) is 0 Å². The Kier molecular flexibility index (Phi) is 6.11. The molecule has 4 fully saturated rings. The van der Waals surface area contributed by atoms with Crippen LogP contribution in [0.3, 0.4) is 0 Å². The zero-order chi connectivity index (χ0) is 18.7. The number of rotatable bonds is 3. The number of aliphatic hydroxyl groups excluding tert-OH is 2. The van der Waals surface area contributed by atoms with Gasteiger partial charge in [-0.2, -0.15) is 0 Å². The molecule has 0 heterocycles. The molecule has 0 aromatic heterocycles. The highest BCUT2D eigenvalue weighted by Crippen LogP contribution is 2.68. The average Bonchev–Trinajstić information content (AvgIpc) is 2.96. The van der Waals surface area contributed by atoms with Crippen molar-refractivity contribution in [2.45, 2.75) is 112 Å². The second kappa shape index (κ2) is 7.63. The third-order valence-corrected chi connectivity index (χ3v) is 10.2. The molecule has 0 aromatic carbocycles.